The van der Waals surface area contributed by atoms with Crippen LogP contribution in [0.1, 0.15) is 15.9 Å². The average Bonchev–Trinajstić information content (AvgIpc) is 3.21. The summed E-state index contributed by atoms with van der Waals surface area (Å²) in [6.07, 6.45) is 6.91. The largest absolute Gasteiger partial charge is 0.289 e. The molecular weight excluding hydrogens is 360 g/mol. The Labute approximate surface area is 162 Å². The van der Waals surface area contributed by atoms with Crippen molar-refractivity contribution >= 4 is 41.2 Å². The second-order valence-electron chi connectivity index (χ2n) is 5.55. The Morgan fingerprint density at radius 2 is 1.42 bits per heavy atom. The smallest absolute Gasteiger partial charge is 0.198 e. The number of carbonyl (C=O) groups is 2. The summed E-state index contributed by atoms with van der Waals surface area (Å²) in [5, 5.41) is 0. The molecule has 1 saturated heterocycles. The number of benzene rings is 2. The van der Waals surface area contributed by atoms with Gasteiger partial charge in [0, 0.05) is 17.1 Å². The number of hydrogen-bond acceptors (Lipinski definition) is 4. The molecule has 0 amide bonds. The normalized spacial score (nSPS) is 14.2. The zero-order chi connectivity index (χ0) is 18.2. The van der Waals surface area contributed by atoms with Crippen molar-refractivity contribution in [3.05, 3.63) is 99.8 Å². The Kier molecular flexibility index (Phi) is 6.69. The maximum atomic E-state index is 12.9. The molecule has 0 N–H and O–H groups in total. The number of ketones is 2. The van der Waals surface area contributed by atoms with Crippen molar-refractivity contribution in [2.75, 3.05) is 11.5 Å². The first-order chi connectivity index (χ1) is 12.8. The van der Waals surface area contributed by atoms with Gasteiger partial charge in [-0.15, -0.1) is 23.5 Å². The van der Waals surface area contributed by atoms with E-state index in [1.54, 1.807) is 41.7 Å². The van der Waals surface area contributed by atoms with E-state index in [1.165, 1.54) is 6.08 Å². The summed E-state index contributed by atoms with van der Waals surface area (Å²) in [7, 11) is 0. The summed E-state index contributed by atoms with van der Waals surface area (Å²) in [6.45, 7) is 0. The molecule has 1 aliphatic heterocycles. The lowest BCUT2D eigenvalue weighted by atomic mass is 10.0. The van der Waals surface area contributed by atoms with E-state index in [-0.39, 0.29) is 17.1 Å². The van der Waals surface area contributed by atoms with Gasteiger partial charge in [0.15, 0.2) is 11.6 Å². The van der Waals surface area contributed by atoms with Crippen LogP contribution >= 0.6 is 23.5 Å². The van der Waals surface area contributed by atoms with Crippen molar-refractivity contribution < 1.29 is 9.59 Å². The van der Waals surface area contributed by atoms with E-state index >= 15 is 0 Å². The molecule has 2 aromatic carbocycles. The van der Waals surface area contributed by atoms with Crippen LogP contribution in [0.5, 0.6) is 0 Å². The molecule has 1 heterocycles. The minimum Gasteiger partial charge on any atom is -0.289 e. The van der Waals surface area contributed by atoms with E-state index < -0.39 is 0 Å². The Morgan fingerprint density at radius 3 is 2.08 bits per heavy atom. The second-order valence-corrected chi connectivity index (χ2v) is 8.02. The van der Waals surface area contributed by atoms with Crippen LogP contribution in [0.3, 0.4) is 0 Å². The lowest BCUT2D eigenvalue weighted by Crippen LogP contribution is -2.12. The molecular formula is C22H18O2S2. The fourth-order valence-electron chi connectivity index (χ4n) is 2.45. The maximum Gasteiger partial charge on any atom is 0.198 e. The topological polar surface area (TPSA) is 34.1 Å². The molecule has 0 unspecified atom stereocenters. The summed E-state index contributed by atoms with van der Waals surface area (Å²) in [5.74, 6) is 1.41. The van der Waals surface area contributed by atoms with Gasteiger partial charge in [0.1, 0.15) is 0 Å². The fraction of sp³-hybridized carbons (Fsp3) is 0.0909. The molecule has 0 aromatic heterocycles. The second kappa shape index (κ2) is 9.41. The molecule has 4 heteroatoms. The lowest BCUT2D eigenvalue weighted by Gasteiger charge is -2.06. The zero-order valence-electron chi connectivity index (χ0n) is 14.1. The van der Waals surface area contributed by atoms with E-state index in [0.29, 0.717) is 5.56 Å². The van der Waals surface area contributed by atoms with Crippen LogP contribution in [0.25, 0.3) is 6.08 Å². The number of Topliss-reactive ketones (excluding diaryl/α,β-unsaturated/α-hetero) is 1. The summed E-state index contributed by atoms with van der Waals surface area (Å²) in [6, 6.07) is 18.8. The number of rotatable bonds is 6. The van der Waals surface area contributed by atoms with Crippen molar-refractivity contribution in [2.45, 2.75) is 0 Å². The van der Waals surface area contributed by atoms with Gasteiger partial charge in [-0.1, -0.05) is 78.9 Å². The van der Waals surface area contributed by atoms with Crippen molar-refractivity contribution in [3.63, 3.8) is 0 Å². The van der Waals surface area contributed by atoms with Gasteiger partial charge >= 0.3 is 0 Å². The first-order valence-corrected chi connectivity index (χ1v) is 10.3. The molecule has 0 bridgehead atoms. The molecule has 0 aliphatic carbocycles. The number of hydrogen-bond donors (Lipinski definition) is 0. The quantitative estimate of drug-likeness (QED) is 0.222. The standard InChI is InChI=1S/C22H18O2S2/c23-19(14-8-7-11-17-9-3-1-4-10-17)20(22-25-15-16-26-22)21(24)18-12-5-2-6-13-18/h1-14H,15-16H2. The molecule has 2 nitrogen and oxygen atoms in total. The van der Waals surface area contributed by atoms with Gasteiger partial charge in [-0.05, 0) is 11.6 Å². The SMILES string of the molecule is O=C(C=CC=Cc1ccccc1)C(C(=O)c1ccccc1)=C1SCCS1. The molecule has 26 heavy (non-hydrogen) atoms. The van der Waals surface area contributed by atoms with E-state index in [9.17, 15) is 9.59 Å². The highest BCUT2D eigenvalue weighted by Gasteiger charge is 2.25. The van der Waals surface area contributed by atoms with Crippen molar-refractivity contribution in [2.24, 2.45) is 0 Å². The Morgan fingerprint density at radius 1 is 0.808 bits per heavy atom. The van der Waals surface area contributed by atoms with Gasteiger partial charge < -0.3 is 0 Å². The molecule has 1 fully saturated rings. The molecule has 0 saturated carbocycles. The van der Waals surface area contributed by atoms with Crippen LogP contribution in [0.2, 0.25) is 0 Å². The van der Waals surface area contributed by atoms with E-state index in [1.807, 2.05) is 60.7 Å². The van der Waals surface area contributed by atoms with Crippen LogP contribution < -0.4 is 0 Å². The van der Waals surface area contributed by atoms with Crippen LogP contribution in [-0.4, -0.2) is 23.1 Å². The summed E-state index contributed by atoms with van der Waals surface area (Å²) < 4.78 is 0.834. The molecule has 2 aromatic rings. The summed E-state index contributed by atoms with van der Waals surface area (Å²) in [4.78, 5) is 25.6. The monoisotopic (exact) mass is 378 g/mol. The van der Waals surface area contributed by atoms with Crippen molar-refractivity contribution in [1.29, 1.82) is 0 Å². The zero-order valence-corrected chi connectivity index (χ0v) is 15.8. The van der Waals surface area contributed by atoms with Gasteiger partial charge in [-0.3, -0.25) is 9.59 Å². The highest BCUT2D eigenvalue weighted by atomic mass is 32.2. The first-order valence-electron chi connectivity index (χ1n) is 8.29. The average molecular weight is 379 g/mol. The molecule has 130 valence electrons. The minimum atomic E-state index is -0.242. The van der Waals surface area contributed by atoms with Gasteiger partial charge in [-0.25, -0.2) is 0 Å². The third-order valence-electron chi connectivity index (χ3n) is 3.71. The fourth-order valence-corrected chi connectivity index (χ4v) is 5.00. The van der Waals surface area contributed by atoms with Crippen molar-refractivity contribution in [1.82, 2.24) is 0 Å². The van der Waals surface area contributed by atoms with E-state index in [2.05, 4.69) is 0 Å². The van der Waals surface area contributed by atoms with Gasteiger partial charge in [0.2, 0.25) is 0 Å². The van der Waals surface area contributed by atoms with Gasteiger partial charge in [-0.2, -0.15) is 0 Å². The van der Waals surface area contributed by atoms with E-state index in [4.69, 9.17) is 0 Å². The Bertz CT molecular complexity index is 858. The Balaban J connectivity index is 1.80. The van der Waals surface area contributed by atoms with Crippen LogP contribution in [0.4, 0.5) is 0 Å². The molecule has 0 atom stereocenters. The molecule has 0 spiro atoms. The highest BCUT2D eigenvalue weighted by molar-refractivity contribution is 8.25. The third kappa shape index (κ3) is 4.87. The third-order valence-corrected chi connectivity index (χ3v) is 6.42. The molecule has 1 aliphatic rings. The predicted octanol–water partition coefficient (Wildman–Crippen LogP) is 5.40. The van der Waals surface area contributed by atoms with Crippen LogP contribution in [0, 0.1) is 0 Å². The molecule has 0 radical (unpaired) electrons. The number of thioether (sulfide) groups is 2. The van der Waals surface area contributed by atoms with Crippen LogP contribution in [-0.2, 0) is 4.79 Å². The number of carbonyl (C=O) groups excluding carboxylic acids is 2. The Hall–Kier alpha value is -2.30. The lowest BCUT2D eigenvalue weighted by molar-refractivity contribution is -0.111. The first kappa shape index (κ1) is 18.5. The highest BCUT2D eigenvalue weighted by Crippen LogP contribution is 2.39. The predicted molar refractivity (Wildman–Crippen MR) is 112 cm³/mol. The van der Waals surface area contributed by atoms with Gasteiger partial charge in [0.05, 0.1) is 9.81 Å². The number of allylic oxidation sites excluding steroid dienone is 4. The van der Waals surface area contributed by atoms with Crippen molar-refractivity contribution in [3.8, 4) is 0 Å². The van der Waals surface area contributed by atoms with Gasteiger partial charge in [0.25, 0.3) is 0 Å². The summed E-state index contributed by atoms with van der Waals surface area (Å²) in [5.41, 5.74) is 1.89. The van der Waals surface area contributed by atoms with E-state index in [0.717, 1.165) is 21.3 Å². The minimum absolute atomic E-state index is 0.204. The molecule has 3 rings (SSSR count). The summed E-state index contributed by atoms with van der Waals surface area (Å²) >= 11 is 3.17. The van der Waals surface area contributed by atoms with Crippen LogP contribution in [0.15, 0.2) is 88.7 Å². The maximum absolute atomic E-state index is 12.9.